The van der Waals surface area contributed by atoms with Gasteiger partial charge in [-0.1, -0.05) is 120 Å². The van der Waals surface area contributed by atoms with Gasteiger partial charge in [0.1, 0.15) is 29.4 Å². The summed E-state index contributed by atoms with van der Waals surface area (Å²) in [6.45, 7) is 12.5. The first-order chi connectivity index (χ1) is 32.6. The van der Waals surface area contributed by atoms with Gasteiger partial charge in [0.25, 0.3) is 0 Å². The van der Waals surface area contributed by atoms with Gasteiger partial charge in [-0.05, 0) is 101 Å². The molecule has 67 heavy (non-hydrogen) atoms. The standard InChI is InChI=1S/C55H73FN6O4S/c1-6-8-9-10-11-12-13-14-15-21-29-67-53-58-50-43(52(59-53)60-34-41-30-40(60)35-61(41)54(63)66-55(4,5)27-7-2)31-42(39-25-26-39)49(51(50)65-36-38-22-17-16-18-23-38)48-37(3)45(56)32-46-44(48)33-57-62(46)47-24-19-20-28-64-47/h16-18,22-23,31-33,39-41,47H,6-15,19-21,24-30,34-36H2,1-5H3/t40-,41-,47?/m0/s1. The van der Waals surface area contributed by atoms with Gasteiger partial charge >= 0.3 is 6.09 Å². The average Bonchev–Trinajstić information content (AvgIpc) is 3.77. The van der Waals surface area contributed by atoms with E-state index in [1.165, 1.54) is 57.8 Å². The highest BCUT2D eigenvalue weighted by atomic mass is 32.2. The number of fused-ring (bicyclic) bond motifs is 4. The van der Waals surface area contributed by atoms with Crippen LogP contribution >= 0.6 is 11.8 Å². The van der Waals surface area contributed by atoms with Crippen LogP contribution in [-0.4, -0.2) is 73.9 Å². The summed E-state index contributed by atoms with van der Waals surface area (Å²) in [4.78, 5) is 29.0. The van der Waals surface area contributed by atoms with E-state index in [2.05, 4.69) is 36.9 Å². The normalized spacial score (nSPS) is 19.6. The second-order valence-corrected chi connectivity index (χ2v) is 21.5. The van der Waals surface area contributed by atoms with Crippen LogP contribution in [0.15, 0.2) is 53.8 Å². The van der Waals surface area contributed by atoms with Crippen LogP contribution in [0.1, 0.15) is 172 Å². The maximum atomic E-state index is 16.6. The Morgan fingerprint density at radius 1 is 0.881 bits per heavy atom. The Kier molecular flexibility index (Phi) is 15.3. The number of ether oxygens (including phenoxy) is 3. The number of amides is 1. The lowest BCUT2D eigenvalue weighted by Gasteiger charge is -2.37. The number of aromatic nitrogens is 4. The van der Waals surface area contributed by atoms with Gasteiger partial charge in [-0.3, -0.25) is 0 Å². The first-order valence-corrected chi connectivity index (χ1v) is 26.8. The molecule has 10 nitrogen and oxygen atoms in total. The summed E-state index contributed by atoms with van der Waals surface area (Å²) in [5.74, 6) is 2.47. The average molecular weight is 933 g/mol. The summed E-state index contributed by atoms with van der Waals surface area (Å²) in [7, 11) is 0. The third-order valence-corrected chi connectivity index (χ3v) is 15.6. The molecule has 4 aliphatic rings. The van der Waals surface area contributed by atoms with Crippen molar-refractivity contribution >= 4 is 45.5 Å². The van der Waals surface area contributed by atoms with Gasteiger partial charge in [0.05, 0.1) is 23.8 Å². The molecule has 0 N–H and O–H groups in total. The molecule has 3 aliphatic heterocycles. The number of piperazine rings is 1. The summed E-state index contributed by atoms with van der Waals surface area (Å²) in [6, 6.07) is 14.3. The molecule has 0 spiro atoms. The molecule has 0 radical (unpaired) electrons. The zero-order valence-corrected chi connectivity index (χ0v) is 41.6. The maximum absolute atomic E-state index is 16.6. The van der Waals surface area contributed by atoms with Crippen molar-refractivity contribution in [3.8, 4) is 16.9 Å². The van der Waals surface area contributed by atoms with Crippen LogP contribution in [0.25, 0.3) is 32.9 Å². The van der Waals surface area contributed by atoms with Crippen LogP contribution in [0.2, 0.25) is 0 Å². The minimum Gasteiger partial charge on any atom is -0.486 e. The maximum Gasteiger partial charge on any atom is 0.410 e. The van der Waals surface area contributed by atoms with Crippen molar-refractivity contribution in [3.63, 3.8) is 0 Å². The molecule has 1 amide bonds. The van der Waals surface area contributed by atoms with E-state index in [1.54, 1.807) is 17.8 Å². The van der Waals surface area contributed by atoms with Gasteiger partial charge in [0.15, 0.2) is 17.1 Å². The van der Waals surface area contributed by atoms with E-state index >= 15 is 4.39 Å². The highest BCUT2D eigenvalue weighted by Crippen LogP contribution is 2.54. The third kappa shape index (κ3) is 10.8. The Balaban J connectivity index is 1.12. The predicted octanol–water partition coefficient (Wildman–Crippen LogP) is 14.2. The van der Waals surface area contributed by atoms with E-state index in [0.29, 0.717) is 37.6 Å². The number of carbonyl (C=O) groups is 1. The number of likely N-dealkylation sites (tertiary alicyclic amines) is 1. The molecule has 360 valence electrons. The summed E-state index contributed by atoms with van der Waals surface area (Å²) in [5.41, 5.74) is 5.41. The van der Waals surface area contributed by atoms with Gasteiger partial charge in [-0.2, -0.15) is 5.10 Å². The molecular formula is C55H73FN6O4S. The molecular weight excluding hydrogens is 860 g/mol. The molecule has 1 aliphatic carbocycles. The molecule has 5 aromatic rings. The van der Waals surface area contributed by atoms with Gasteiger partial charge in [0.2, 0.25) is 0 Å². The Bertz CT molecular complexity index is 2490. The number of anilines is 1. The van der Waals surface area contributed by atoms with Crippen LogP contribution in [0.5, 0.6) is 5.75 Å². The molecule has 3 atom stereocenters. The zero-order chi connectivity index (χ0) is 46.5. The SMILES string of the molecule is CCCCCCCCCCCCSc1nc(N2C[C@@H]3C[C@H]2CN3C(=O)OC(C)(C)CCC)c2cc(C3CC3)c(-c3c(C)c(F)cc4c3cnn4C3CCCCO3)c(OCc3ccccc3)c2n1. The quantitative estimate of drug-likeness (QED) is 0.0382. The Morgan fingerprint density at radius 2 is 1.64 bits per heavy atom. The lowest BCUT2D eigenvalue weighted by atomic mass is 9.88. The molecule has 9 rings (SSSR count). The lowest BCUT2D eigenvalue weighted by molar-refractivity contribution is -0.0366. The minimum atomic E-state index is -0.516. The molecule has 12 heteroatoms. The molecule has 1 unspecified atom stereocenters. The highest BCUT2D eigenvalue weighted by Gasteiger charge is 2.48. The van der Waals surface area contributed by atoms with E-state index in [1.807, 2.05) is 54.7 Å². The van der Waals surface area contributed by atoms with Crippen molar-refractivity contribution in [1.29, 1.82) is 0 Å². The Hall–Kier alpha value is -4.42. The topological polar surface area (TPSA) is 94.8 Å². The van der Waals surface area contributed by atoms with Crippen LogP contribution < -0.4 is 9.64 Å². The fourth-order valence-corrected chi connectivity index (χ4v) is 11.8. The van der Waals surface area contributed by atoms with Crippen LogP contribution in [0.4, 0.5) is 15.0 Å². The zero-order valence-electron chi connectivity index (χ0n) is 40.8. The monoisotopic (exact) mass is 933 g/mol. The third-order valence-electron chi connectivity index (χ3n) is 14.6. The Morgan fingerprint density at radius 3 is 2.33 bits per heavy atom. The summed E-state index contributed by atoms with van der Waals surface area (Å²) < 4.78 is 38.0. The van der Waals surface area contributed by atoms with E-state index in [9.17, 15) is 4.79 Å². The molecule has 3 aromatic carbocycles. The number of benzene rings is 3. The molecule has 1 saturated carbocycles. The molecule has 4 fully saturated rings. The van der Waals surface area contributed by atoms with E-state index in [0.717, 1.165) is 119 Å². The first kappa shape index (κ1) is 47.6. The van der Waals surface area contributed by atoms with Crippen molar-refractivity contribution in [2.24, 2.45) is 0 Å². The van der Waals surface area contributed by atoms with E-state index < -0.39 is 5.60 Å². The smallest absolute Gasteiger partial charge is 0.410 e. The number of halogens is 1. The molecule has 2 aromatic heterocycles. The van der Waals surface area contributed by atoms with Crippen molar-refractivity contribution in [2.75, 3.05) is 30.3 Å². The molecule has 5 heterocycles. The largest absolute Gasteiger partial charge is 0.486 e. The van der Waals surface area contributed by atoms with Crippen molar-refractivity contribution in [3.05, 3.63) is 71.2 Å². The minimum absolute atomic E-state index is 0.0200. The number of nitrogens with zero attached hydrogens (tertiary/aromatic N) is 6. The summed E-state index contributed by atoms with van der Waals surface area (Å²) in [5, 5.41) is 7.45. The van der Waals surface area contributed by atoms with Crippen LogP contribution in [-0.2, 0) is 16.1 Å². The number of unbranched alkanes of at least 4 members (excludes halogenated alkanes) is 9. The second kappa shape index (κ2) is 21.5. The van der Waals surface area contributed by atoms with Crippen molar-refractivity contribution in [2.45, 2.75) is 192 Å². The van der Waals surface area contributed by atoms with Crippen LogP contribution in [0, 0.1) is 12.7 Å². The van der Waals surface area contributed by atoms with Crippen molar-refractivity contribution in [1.82, 2.24) is 24.6 Å². The van der Waals surface area contributed by atoms with Crippen molar-refractivity contribution < 1.29 is 23.4 Å². The first-order valence-electron chi connectivity index (χ1n) is 25.9. The predicted molar refractivity (Wildman–Crippen MR) is 269 cm³/mol. The Labute approximate surface area is 402 Å². The fourth-order valence-electron chi connectivity index (χ4n) is 10.9. The fraction of sp³-hybridized carbons (Fsp3) is 0.600. The second-order valence-electron chi connectivity index (χ2n) is 20.4. The van der Waals surface area contributed by atoms with E-state index in [4.69, 9.17) is 29.3 Å². The number of carbonyl (C=O) groups excluding carboxylic acids is 1. The van der Waals surface area contributed by atoms with E-state index in [-0.39, 0.29) is 36.1 Å². The van der Waals surface area contributed by atoms with Crippen LogP contribution in [0.3, 0.4) is 0 Å². The number of rotatable bonds is 22. The summed E-state index contributed by atoms with van der Waals surface area (Å²) in [6.07, 6.45) is 21.9. The number of hydrogen-bond donors (Lipinski definition) is 0. The van der Waals surface area contributed by atoms with Gasteiger partial charge in [0, 0.05) is 53.4 Å². The number of hydrogen-bond acceptors (Lipinski definition) is 9. The molecule has 2 bridgehead atoms. The van der Waals surface area contributed by atoms with Gasteiger partial charge < -0.3 is 24.0 Å². The summed E-state index contributed by atoms with van der Waals surface area (Å²) >= 11 is 1.72. The lowest BCUT2D eigenvalue weighted by Crippen LogP contribution is -2.50. The van der Waals surface area contributed by atoms with Gasteiger partial charge in [-0.25, -0.2) is 23.8 Å². The van der Waals surface area contributed by atoms with Gasteiger partial charge in [-0.15, -0.1) is 0 Å². The number of thioether (sulfide) groups is 1. The molecule has 3 saturated heterocycles. The highest BCUT2D eigenvalue weighted by molar-refractivity contribution is 7.99.